The van der Waals surface area contributed by atoms with Gasteiger partial charge in [-0.05, 0) is 43.7 Å². The number of rotatable bonds is 4. The highest BCUT2D eigenvalue weighted by atomic mass is 15.3. The molecule has 0 aliphatic carbocycles. The summed E-state index contributed by atoms with van der Waals surface area (Å²) >= 11 is 0. The molecule has 1 unspecified atom stereocenters. The fraction of sp³-hybridized carbons (Fsp3) is 0.200. The second-order valence-corrected chi connectivity index (χ2v) is 6.37. The number of anilines is 1. The number of pyridine rings is 1. The third-order valence-corrected chi connectivity index (χ3v) is 4.52. The zero-order chi connectivity index (χ0) is 17.4. The van der Waals surface area contributed by atoms with Gasteiger partial charge in [0.05, 0.1) is 23.6 Å². The normalized spacial score (nSPS) is 12.4. The number of hydrogen-bond acceptors (Lipinski definition) is 3. The Morgan fingerprint density at radius 1 is 1.08 bits per heavy atom. The number of imidazole rings is 1. The summed E-state index contributed by atoms with van der Waals surface area (Å²) in [6.45, 7) is 4.24. The van der Waals surface area contributed by atoms with Crippen molar-refractivity contribution in [3.8, 4) is 11.3 Å². The summed E-state index contributed by atoms with van der Waals surface area (Å²) in [7, 11) is 1.98. The summed E-state index contributed by atoms with van der Waals surface area (Å²) in [5.74, 6) is 0. The Hall–Kier alpha value is -3.08. The summed E-state index contributed by atoms with van der Waals surface area (Å²) in [6, 6.07) is 14.6. The summed E-state index contributed by atoms with van der Waals surface area (Å²) in [4.78, 5) is 4.67. The molecule has 0 amide bonds. The van der Waals surface area contributed by atoms with Crippen LogP contribution in [0.3, 0.4) is 0 Å². The maximum atomic E-state index is 4.67. The van der Waals surface area contributed by atoms with Crippen LogP contribution in [0, 0.1) is 6.92 Å². The molecule has 0 aliphatic rings. The van der Waals surface area contributed by atoms with Gasteiger partial charge in [0.1, 0.15) is 5.65 Å². The maximum absolute atomic E-state index is 4.67. The molecule has 0 radical (unpaired) electrons. The Labute approximate surface area is 147 Å². The lowest BCUT2D eigenvalue weighted by Crippen LogP contribution is -2.12. The number of benzene rings is 1. The smallest absolute Gasteiger partial charge is 0.137 e. The van der Waals surface area contributed by atoms with E-state index in [1.54, 1.807) is 0 Å². The first-order valence-electron chi connectivity index (χ1n) is 8.41. The fourth-order valence-electron chi connectivity index (χ4n) is 3.31. The van der Waals surface area contributed by atoms with E-state index in [1.165, 1.54) is 11.3 Å². The van der Waals surface area contributed by atoms with Crippen molar-refractivity contribution in [1.29, 1.82) is 0 Å². The lowest BCUT2D eigenvalue weighted by Gasteiger charge is -2.17. The van der Waals surface area contributed by atoms with E-state index in [0.29, 0.717) is 0 Å². The highest BCUT2D eigenvalue weighted by molar-refractivity contribution is 5.65. The molecule has 0 aliphatic heterocycles. The lowest BCUT2D eigenvalue weighted by atomic mass is 10.1. The van der Waals surface area contributed by atoms with E-state index in [4.69, 9.17) is 0 Å². The standard InChI is InChI=1S/C20H21N5/c1-14-12-21-24(3)20(14)15(2)22-17-9-7-16(8-10-17)18-13-25-11-5-4-6-19(25)23-18/h4-13,15,22H,1-3H3. The molecule has 5 heteroatoms. The Bertz CT molecular complexity index is 958. The third kappa shape index (κ3) is 2.89. The van der Waals surface area contributed by atoms with Gasteiger partial charge in [-0.2, -0.15) is 5.10 Å². The minimum Gasteiger partial charge on any atom is -0.377 e. The molecule has 1 N–H and O–H groups in total. The molecular formula is C20H21N5. The number of hydrogen-bond donors (Lipinski definition) is 1. The minimum absolute atomic E-state index is 0.188. The van der Waals surface area contributed by atoms with Gasteiger partial charge in [0.15, 0.2) is 0 Å². The molecule has 0 saturated carbocycles. The van der Waals surface area contributed by atoms with Gasteiger partial charge >= 0.3 is 0 Å². The number of fused-ring (bicyclic) bond motifs is 1. The zero-order valence-electron chi connectivity index (χ0n) is 14.6. The van der Waals surface area contributed by atoms with Crippen LogP contribution in [0.25, 0.3) is 16.9 Å². The Morgan fingerprint density at radius 3 is 2.56 bits per heavy atom. The molecule has 126 valence electrons. The van der Waals surface area contributed by atoms with Crippen molar-refractivity contribution in [2.45, 2.75) is 19.9 Å². The summed E-state index contributed by atoms with van der Waals surface area (Å²) in [5, 5.41) is 7.86. The van der Waals surface area contributed by atoms with E-state index in [-0.39, 0.29) is 6.04 Å². The molecular weight excluding hydrogens is 310 g/mol. The average Bonchev–Trinajstić information content (AvgIpc) is 3.18. The molecule has 3 heterocycles. The summed E-state index contributed by atoms with van der Waals surface area (Å²) < 4.78 is 3.97. The Balaban J connectivity index is 1.55. The lowest BCUT2D eigenvalue weighted by molar-refractivity contribution is 0.673. The predicted molar refractivity (Wildman–Crippen MR) is 101 cm³/mol. The minimum atomic E-state index is 0.188. The molecule has 0 spiro atoms. The molecule has 5 nitrogen and oxygen atoms in total. The van der Waals surface area contributed by atoms with Crippen molar-refractivity contribution in [2.24, 2.45) is 7.05 Å². The first kappa shape index (κ1) is 15.4. The van der Waals surface area contributed by atoms with Gasteiger partial charge in [0.2, 0.25) is 0 Å². The zero-order valence-corrected chi connectivity index (χ0v) is 14.6. The molecule has 4 rings (SSSR count). The molecule has 0 saturated heterocycles. The van der Waals surface area contributed by atoms with E-state index < -0.39 is 0 Å². The van der Waals surface area contributed by atoms with Crippen LogP contribution in [0.1, 0.15) is 24.2 Å². The SMILES string of the molecule is Cc1cnn(C)c1C(C)Nc1ccc(-c2cn3ccccc3n2)cc1. The van der Waals surface area contributed by atoms with Crippen LogP contribution in [0.2, 0.25) is 0 Å². The van der Waals surface area contributed by atoms with Crippen molar-refractivity contribution in [3.63, 3.8) is 0 Å². The summed E-state index contributed by atoms with van der Waals surface area (Å²) in [6.07, 6.45) is 5.97. The number of nitrogens with one attached hydrogen (secondary N) is 1. The third-order valence-electron chi connectivity index (χ3n) is 4.52. The van der Waals surface area contributed by atoms with Crippen LogP contribution in [-0.4, -0.2) is 19.2 Å². The second-order valence-electron chi connectivity index (χ2n) is 6.37. The van der Waals surface area contributed by atoms with Gasteiger partial charge in [0, 0.05) is 30.7 Å². The molecule has 25 heavy (non-hydrogen) atoms. The van der Waals surface area contributed by atoms with E-state index in [9.17, 15) is 0 Å². The molecule has 1 atom stereocenters. The predicted octanol–water partition coefficient (Wildman–Crippen LogP) is 4.22. The van der Waals surface area contributed by atoms with E-state index in [0.717, 1.165) is 22.6 Å². The second kappa shape index (κ2) is 6.09. The monoisotopic (exact) mass is 331 g/mol. The van der Waals surface area contributed by atoms with Gasteiger partial charge in [-0.25, -0.2) is 4.98 Å². The number of aryl methyl sites for hydroxylation is 2. The largest absolute Gasteiger partial charge is 0.377 e. The summed E-state index contributed by atoms with van der Waals surface area (Å²) in [5.41, 5.74) is 6.53. The van der Waals surface area contributed by atoms with Crippen LogP contribution in [-0.2, 0) is 7.05 Å². The van der Waals surface area contributed by atoms with Crippen molar-refractivity contribution in [3.05, 3.63) is 72.3 Å². The number of nitrogens with zero attached hydrogens (tertiary/aromatic N) is 4. The van der Waals surface area contributed by atoms with E-state index in [2.05, 4.69) is 59.7 Å². The first-order valence-corrected chi connectivity index (χ1v) is 8.41. The first-order chi connectivity index (χ1) is 12.1. The molecule has 0 fully saturated rings. The average molecular weight is 331 g/mol. The highest BCUT2D eigenvalue weighted by Crippen LogP contribution is 2.25. The van der Waals surface area contributed by atoms with Crippen molar-refractivity contribution >= 4 is 11.3 Å². The van der Waals surface area contributed by atoms with Gasteiger partial charge in [-0.15, -0.1) is 0 Å². The quantitative estimate of drug-likeness (QED) is 0.609. The maximum Gasteiger partial charge on any atom is 0.137 e. The van der Waals surface area contributed by atoms with Crippen molar-refractivity contribution < 1.29 is 0 Å². The van der Waals surface area contributed by atoms with Gasteiger partial charge in [0.25, 0.3) is 0 Å². The highest BCUT2D eigenvalue weighted by Gasteiger charge is 2.13. The van der Waals surface area contributed by atoms with Gasteiger partial charge in [-0.3, -0.25) is 4.68 Å². The van der Waals surface area contributed by atoms with Crippen molar-refractivity contribution in [2.75, 3.05) is 5.32 Å². The van der Waals surface area contributed by atoms with Crippen LogP contribution in [0.4, 0.5) is 5.69 Å². The van der Waals surface area contributed by atoms with E-state index >= 15 is 0 Å². The van der Waals surface area contributed by atoms with Crippen LogP contribution >= 0.6 is 0 Å². The fourth-order valence-corrected chi connectivity index (χ4v) is 3.31. The molecule has 4 aromatic rings. The van der Waals surface area contributed by atoms with Gasteiger partial charge < -0.3 is 9.72 Å². The number of aromatic nitrogens is 4. The topological polar surface area (TPSA) is 47.2 Å². The Kier molecular flexibility index (Phi) is 3.76. The van der Waals surface area contributed by atoms with Crippen LogP contribution in [0.5, 0.6) is 0 Å². The van der Waals surface area contributed by atoms with Crippen LogP contribution < -0.4 is 5.32 Å². The van der Waals surface area contributed by atoms with Gasteiger partial charge in [-0.1, -0.05) is 18.2 Å². The molecule has 1 aromatic carbocycles. The van der Waals surface area contributed by atoms with Crippen LogP contribution in [0.15, 0.2) is 61.1 Å². The molecule has 0 bridgehead atoms. The Morgan fingerprint density at radius 2 is 1.88 bits per heavy atom. The van der Waals surface area contributed by atoms with E-state index in [1.807, 2.05) is 46.7 Å². The molecule has 3 aromatic heterocycles. The van der Waals surface area contributed by atoms with Crippen molar-refractivity contribution in [1.82, 2.24) is 19.2 Å².